The third kappa shape index (κ3) is 4.09. The Labute approximate surface area is 181 Å². The molecular formula is C24H27N7. The number of hydrogen-bond acceptors (Lipinski definition) is 6. The zero-order valence-corrected chi connectivity index (χ0v) is 17.9. The summed E-state index contributed by atoms with van der Waals surface area (Å²) in [5.74, 6) is 1.62. The van der Waals surface area contributed by atoms with Crippen LogP contribution in [0.4, 0.5) is 17.5 Å². The van der Waals surface area contributed by atoms with Gasteiger partial charge in [-0.2, -0.15) is 10.1 Å². The van der Waals surface area contributed by atoms with Crippen molar-refractivity contribution in [1.82, 2.24) is 25.5 Å². The van der Waals surface area contributed by atoms with Crippen molar-refractivity contribution in [2.24, 2.45) is 0 Å². The second-order valence-corrected chi connectivity index (χ2v) is 8.10. The van der Waals surface area contributed by atoms with Gasteiger partial charge < -0.3 is 15.5 Å². The molecule has 5 rings (SSSR count). The van der Waals surface area contributed by atoms with Gasteiger partial charge in [0.2, 0.25) is 5.95 Å². The van der Waals surface area contributed by atoms with E-state index in [-0.39, 0.29) is 6.04 Å². The van der Waals surface area contributed by atoms with Crippen LogP contribution < -0.4 is 15.5 Å². The maximum Gasteiger partial charge on any atom is 0.227 e. The molecule has 0 amide bonds. The summed E-state index contributed by atoms with van der Waals surface area (Å²) in [5.41, 5.74) is 5.35. The molecule has 7 heteroatoms. The van der Waals surface area contributed by atoms with Gasteiger partial charge in [-0.15, -0.1) is 0 Å². The Balaban J connectivity index is 1.44. The van der Waals surface area contributed by atoms with Gasteiger partial charge in [-0.1, -0.05) is 30.3 Å². The van der Waals surface area contributed by atoms with Crippen LogP contribution in [0.15, 0.2) is 54.7 Å². The lowest BCUT2D eigenvalue weighted by molar-refractivity contribution is 0.567. The molecule has 0 spiro atoms. The van der Waals surface area contributed by atoms with Crippen molar-refractivity contribution in [3.63, 3.8) is 0 Å². The Kier molecular flexibility index (Phi) is 5.26. The molecule has 4 aromatic rings. The van der Waals surface area contributed by atoms with E-state index in [0.29, 0.717) is 0 Å². The zero-order chi connectivity index (χ0) is 21.2. The van der Waals surface area contributed by atoms with Crippen LogP contribution in [0.2, 0.25) is 0 Å². The first-order valence-electron chi connectivity index (χ1n) is 10.8. The van der Waals surface area contributed by atoms with Gasteiger partial charge >= 0.3 is 0 Å². The van der Waals surface area contributed by atoms with Crippen molar-refractivity contribution < 1.29 is 0 Å². The van der Waals surface area contributed by atoms with Gasteiger partial charge in [-0.05, 0) is 50.6 Å². The Morgan fingerprint density at radius 1 is 1.06 bits per heavy atom. The Morgan fingerprint density at radius 2 is 1.94 bits per heavy atom. The fourth-order valence-corrected chi connectivity index (χ4v) is 4.05. The minimum atomic E-state index is 0.258. The van der Waals surface area contributed by atoms with E-state index in [1.165, 1.54) is 5.56 Å². The molecule has 7 nitrogen and oxygen atoms in total. The van der Waals surface area contributed by atoms with E-state index in [2.05, 4.69) is 76.0 Å². The lowest BCUT2D eigenvalue weighted by atomic mass is 10.1. The molecule has 2 aromatic carbocycles. The summed E-state index contributed by atoms with van der Waals surface area (Å²) >= 11 is 0. The predicted molar refractivity (Wildman–Crippen MR) is 125 cm³/mol. The highest BCUT2D eigenvalue weighted by Gasteiger charge is 2.22. The number of aromatic amines is 1. The van der Waals surface area contributed by atoms with Crippen LogP contribution in [0.25, 0.3) is 10.9 Å². The molecule has 0 saturated carbocycles. The third-order valence-corrected chi connectivity index (χ3v) is 5.96. The van der Waals surface area contributed by atoms with E-state index < -0.39 is 0 Å². The highest BCUT2D eigenvalue weighted by atomic mass is 15.3. The second-order valence-electron chi connectivity index (χ2n) is 8.10. The maximum atomic E-state index is 4.94. The number of fused-ring (bicyclic) bond motifs is 1. The molecule has 3 heterocycles. The summed E-state index contributed by atoms with van der Waals surface area (Å²) in [6, 6.07) is 17.0. The van der Waals surface area contributed by atoms with E-state index in [0.717, 1.165) is 65.7 Å². The van der Waals surface area contributed by atoms with Gasteiger partial charge in [0.15, 0.2) is 0 Å². The second kappa shape index (κ2) is 8.35. The number of aryl methyl sites for hydroxylation is 1. The number of nitrogens with one attached hydrogen (secondary N) is 3. The minimum absolute atomic E-state index is 0.258. The summed E-state index contributed by atoms with van der Waals surface area (Å²) in [7, 11) is 0. The number of nitrogens with zero attached hydrogens (tertiary/aromatic N) is 4. The van der Waals surface area contributed by atoms with E-state index in [1.807, 2.05) is 18.3 Å². The summed E-state index contributed by atoms with van der Waals surface area (Å²) < 4.78 is 0. The van der Waals surface area contributed by atoms with Crippen molar-refractivity contribution in [3.05, 3.63) is 71.5 Å². The molecule has 2 aromatic heterocycles. The third-order valence-electron chi connectivity index (χ3n) is 5.96. The fourth-order valence-electron chi connectivity index (χ4n) is 4.05. The number of benzene rings is 2. The first-order chi connectivity index (χ1) is 15.2. The molecule has 1 aliphatic rings. The van der Waals surface area contributed by atoms with Gasteiger partial charge in [0.25, 0.3) is 0 Å². The SMILES string of the molecule is Cc1nc(N2CCCNC(c3ccccc3)C2)nc(Nc2ccc3[nH]ncc3c2)c1C. The zero-order valence-electron chi connectivity index (χ0n) is 17.9. The van der Waals surface area contributed by atoms with Crippen LogP contribution in [0.5, 0.6) is 0 Å². The van der Waals surface area contributed by atoms with Crippen molar-refractivity contribution in [2.45, 2.75) is 26.3 Å². The van der Waals surface area contributed by atoms with Crippen LogP contribution in [0.3, 0.4) is 0 Å². The largest absolute Gasteiger partial charge is 0.340 e. The molecule has 31 heavy (non-hydrogen) atoms. The molecule has 0 aliphatic carbocycles. The van der Waals surface area contributed by atoms with E-state index >= 15 is 0 Å². The van der Waals surface area contributed by atoms with E-state index in [4.69, 9.17) is 9.97 Å². The number of rotatable bonds is 4. The van der Waals surface area contributed by atoms with Crippen LogP contribution in [-0.2, 0) is 0 Å². The normalized spacial score (nSPS) is 17.0. The topological polar surface area (TPSA) is 81.8 Å². The molecule has 3 N–H and O–H groups in total. The fraction of sp³-hybridized carbons (Fsp3) is 0.292. The van der Waals surface area contributed by atoms with Crippen LogP contribution in [0, 0.1) is 13.8 Å². The van der Waals surface area contributed by atoms with Gasteiger partial charge in [-0.25, -0.2) is 4.98 Å². The van der Waals surface area contributed by atoms with Crippen molar-refractivity contribution >= 4 is 28.4 Å². The molecule has 1 saturated heterocycles. The summed E-state index contributed by atoms with van der Waals surface area (Å²) in [6.07, 6.45) is 2.89. The highest BCUT2D eigenvalue weighted by molar-refractivity contribution is 5.82. The smallest absolute Gasteiger partial charge is 0.227 e. The van der Waals surface area contributed by atoms with Crippen molar-refractivity contribution in [2.75, 3.05) is 29.9 Å². The summed E-state index contributed by atoms with van der Waals surface area (Å²) in [5, 5.41) is 15.3. The van der Waals surface area contributed by atoms with Crippen LogP contribution in [-0.4, -0.2) is 39.8 Å². The Bertz CT molecular complexity index is 1190. The Morgan fingerprint density at radius 3 is 2.81 bits per heavy atom. The summed E-state index contributed by atoms with van der Waals surface area (Å²) in [4.78, 5) is 12.1. The first kappa shape index (κ1) is 19.5. The molecule has 158 valence electrons. The number of anilines is 3. The van der Waals surface area contributed by atoms with Crippen LogP contribution >= 0.6 is 0 Å². The molecule has 1 fully saturated rings. The first-order valence-corrected chi connectivity index (χ1v) is 10.8. The lowest BCUT2D eigenvalue weighted by Crippen LogP contribution is -2.32. The quantitative estimate of drug-likeness (QED) is 0.464. The van der Waals surface area contributed by atoms with E-state index in [9.17, 15) is 0 Å². The summed E-state index contributed by atoms with van der Waals surface area (Å²) in [6.45, 7) is 6.87. The van der Waals surface area contributed by atoms with Gasteiger partial charge in [0.05, 0.1) is 11.7 Å². The lowest BCUT2D eigenvalue weighted by Gasteiger charge is -2.26. The van der Waals surface area contributed by atoms with Crippen molar-refractivity contribution in [3.8, 4) is 0 Å². The van der Waals surface area contributed by atoms with Gasteiger partial charge in [-0.3, -0.25) is 5.10 Å². The molecule has 0 bridgehead atoms. The van der Waals surface area contributed by atoms with Gasteiger partial charge in [0.1, 0.15) is 5.82 Å². The molecule has 1 unspecified atom stereocenters. The predicted octanol–water partition coefficient (Wildman–Crippen LogP) is 4.25. The average molecular weight is 414 g/mol. The number of hydrogen-bond donors (Lipinski definition) is 3. The molecule has 1 atom stereocenters. The van der Waals surface area contributed by atoms with E-state index in [1.54, 1.807) is 0 Å². The number of aromatic nitrogens is 4. The van der Waals surface area contributed by atoms with Gasteiger partial charge in [0, 0.05) is 41.5 Å². The standard InChI is InChI=1S/C24H27N7/c1-16-17(2)27-24(29-23(16)28-20-9-10-21-19(13-20)14-26-30-21)31-12-6-11-25-22(15-31)18-7-4-3-5-8-18/h3-5,7-10,13-14,22,25H,6,11-12,15H2,1-2H3,(H,26,30)(H,27,28,29). The van der Waals surface area contributed by atoms with Crippen LogP contribution in [0.1, 0.15) is 29.3 Å². The monoisotopic (exact) mass is 413 g/mol. The minimum Gasteiger partial charge on any atom is -0.340 e. The molecule has 1 aliphatic heterocycles. The molecular weight excluding hydrogens is 386 g/mol. The highest BCUT2D eigenvalue weighted by Crippen LogP contribution is 2.27. The molecule has 0 radical (unpaired) electrons. The Hall–Kier alpha value is -3.45. The maximum absolute atomic E-state index is 4.94. The number of H-pyrrole nitrogens is 1. The van der Waals surface area contributed by atoms with Crippen molar-refractivity contribution in [1.29, 1.82) is 0 Å². The average Bonchev–Trinajstić information content (AvgIpc) is 3.11.